The molecule has 212 valence electrons. The molecule has 3 aromatic rings. The molecule has 40 heavy (non-hydrogen) atoms. The standard InChI is InChI=1S/C31H36FN3O5/c1-22-12-26(32)6-7-29(22)30-16-23(18-34(2)8-10-39-21-33)13-25(20-36)31(30)40-11-9-35(3)19-24-14-27(37-4)17-28(15-24)38-5/h6-8,10,12-17,20-21,33H,9,11,18-19H2,1-5H3/b10-8-,33-21?. The Morgan fingerprint density at radius 3 is 2.25 bits per heavy atom. The van der Waals surface area contributed by atoms with Gasteiger partial charge in [-0.25, -0.2) is 4.39 Å². The molecular weight excluding hydrogens is 513 g/mol. The van der Waals surface area contributed by atoms with Gasteiger partial charge >= 0.3 is 0 Å². The van der Waals surface area contributed by atoms with Gasteiger partial charge in [0.1, 0.15) is 35.9 Å². The molecule has 0 radical (unpaired) electrons. The maximum absolute atomic E-state index is 13.9. The summed E-state index contributed by atoms with van der Waals surface area (Å²) in [7, 11) is 7.07. The van der Waals surface area contributed by atoms with E-state index in [1.807, 2.05) is 50.2 Å². The first-order valence-corrected chi connectivity index (χ1v) is 12.7. The SMILES string of the molecule is COc1cc(CN(C)CCOc2c(C=O)cc(CN(C)/C=C\OC=N)cc2-c2ccc(F)cc2C)cc(OC)c1. The summed E-state index contributed by atoms with van der Waals surface area (Å²) < 4.78 is 35.8. The van der Waals surface area contributed by atoms with E-state index in [1.54, 1.807) is 32.6 Å². The Hall–Kier alpha value is -4.37. The van der Waals surface area contributed by atoms with Crippen molar-refractivity contribution in [2.75, 3.05) is 41.5 Å². The van der Waals surface area contributed by atoms with E-state index in [-0.39, 0.29) is 5.82 Å². The highest BCUT2D eigenvalue weighted by atomic mass is 19.1. The van der Waals surface area contributed by atoms with Crippen molar-refractivity contribution in [3.8, 4) is 28.4 Å². The lowest BCUT2D eigenvalue weighted by Crippen LogP contribution is -2.24. The Morgan fingerprint density at radius 1 is 0.925 bits per heavy atom. The Kier molecular flexibility index (Phi) is 11.1. The summed E-state index contributed by atoms with van der Waals surface area (Å²) in [6.07, 6.45) is 4.70. The number of halogens is 1. The van der Waals surface area contributed by atoms with E-state index < -0.39 is 0 Å². The molecule has 0 heterocycles. The van der Waals surface area contributed by atoms with Crippen LogP contribution in [0.25, 0.3) is 11.1 Å². The minimum Gasteiger partial charge on any atom is -0.497 e. The number of hydrogen-bond donors (Lipinski definition) is 1. The molecule has 8 nitrogen and oxygen atoms in total. The highest BCUT2D eigenvalue weighted by Gasteiger charge is 2.17. The van der Waals surface area contributed by atoms with Crippen LogP contribution in [-0.2, 0) is 17.8 Å². The summed E-state index contributed by atoms with van der Waals surface area (Å²) in [5.74, 6) is 1.56. The highest BCUT2D eigenvalue weighted by molar-refractivity contribution is 5.87. The first-order valence-electron chi connectivity index (χ1n) is 12.7. The zero-order valence-corrected chi connectivity index (χ0v) is 23.6. The first-order chi connectivity index (χ1) is 19.3. The molecule has 0 saturated carbocycles. The van der Waals surface area contributed by atoms with Crippen molar-refractivity contribution in [2.45, 2.75) is 20.0 Å². The average Bonchev–Trinajstić information content (AvgIpc) is 2.93. The number of carbonyl (C=O) groups is 1. The summed E-state index contributed by atoms with van der Waals surface area (Å²) in [5, 5.41) is 6.96. The monoisotopic (exact) mass is 549 g/mol. The molecule has 0 atom stereocenters. The molecule has 0 aliphatic heterocycles. The quantitative estimate of drug-likeness (QED) is 0.113. The van der Waals surface area contributed by atoms with Crippen LogP contribution in [0.5, 0.6) is 17.2 Å². The number of benzene rings is 3. The molecule has 1 N–H and O–H groups in total. The first kappa shape index (κ1) is 30.2. The van der Waals surface area contributed by atoms with Crippen molar-refractivity contribution in [3.05, 3.63) is 89.1 Å². The van der Waals surface area contributed by atoms with Gasteiger partial charge in [-0.05, 0) is 72.6 Å². The molecule has 3 rings (SSSR count). The van der Waals surface area contributed by atoms with Crippen LogP contribution in [-0.4, -0.2) is 64.0 Å². The summed E-state index contributed by atoms with van der Waals surface area (Å²) in [6.45, 7) is 3.85. The summed E-state index contributed by atoms with van der Waals surface area (Å²) in [4.78, 5) is 16.2. The lowest BCUT2D eigenvalue weighted by molar-refractivity contribution is 0.111. The fourth-order valence-electron chi connectivity index (χ4n) is 4.35. The molecule has 0 aliphatic rings. The van der Waals surface area contributed by atoms with E-state index >= 15 is 0 Å². The van der Waals surface area contributed by atoms with Gasteiger partial charge in [0.2, 0.25) is 0 Å². The minimum absolute atomic E-state index is 0.328. The fraction of sp³-hybridized carbons (Fsp3) is 0.290. The number of carbonyl (C=O) groups excluding carboxylic acids is 1. The number of nitrogens with zero attached hydrogens (tertiary/aromatic N) is 2. The summed E-state index contributed by atoms with van der Waals surface area (Å²) in [5.41, 5.74) is 4.52. The van der Waals surface area contributed by atoms with Crippen LogP contribution in [0.2, 0.25) is 0 Å². The predicted octanol–water partition coefficient (Wildman–Crippen LogP) is 5.67. The van der Waals surface area contributed by atoms with Crippen molar-refractivity contribution in [1.29, 1.82) is 5.41 Å². The maximum Gasteiger partial charge on any atom is 0.173 e. The second kappa shape index (κ2) is 14.7. The number of nitrogens with one attached hydrogen (secondary N) is 1. The Morgan fingerprint density at radius 2 is 1.62 bits per heavy atom. The Bertz CT molecular complexity index is 1320. The molecule has 0 spiro atoms. The Labute approximate surface area is 235 Å². The van der Waals surface area contributed by atoms with Gasteiger partial charge < -0.3 is 23.8 Å². The van der Waals surface area contributed by atoms with E-state index in [9.17, 15) is 9.18 Å². The van der Waals surface area contributed by atoms with Gasteiger partial charge in [-0.1, -0.05) is 6.07 Å². The van der Waals surface area contributed by atoms with Crippen LogP contribution >= 0.6 is 0 Å². The maximum atomic E-state index is 13.9. The highest BCUT2D eigenvalue weighted by Crippen LogP contribution is 2.36. The van der Waals surface area contributed by atoms with Gasteiger partial charge in [-0.2, -0.15) is 0 Å². The van der Waals surface area contributed by atoms with Crippen LogP contribution in [0.1, 0.15) is 27.0 Å². The van der Waals surface area contributed by atoms with Crippen LogP contribution in [0.3, 0.4) is 0 Å². The zero-order chi connectivity index (χ0) is 29.1. The van der Waals surface area contributed by atoms with Gasteiger partial charge in [0.15, 0.2) is 12.7 Å². The second-order valence-corrected chi connectivity index (χ2v) is 9.40. The predicted molar refractivity (Wildman–Crippen MR) is 154 cm³/mol. The van der Waals surface area contributed by atoms with Gasteiger partial charge in [-0.3, -0.25) is 15.1 Å². The van der Waals surface area contributed by atoms with Crippen LogP contribution in [0, 0.1) is 18.2 Å². The topological polar surface area (TPSA) is 84.3 Å². The van der Waals surface area contributed by atoms with Crippen LogP contribution in [0.4, 0.5) is 4.39 Å². The van der Waals surface area contributed by atoms with Gasteiger partial charge in [0.25, 0.3) is 0 Å². The third-order valence-corrected chi connectivity index (χ3v) is 6.26. The number of aryl methyl sites for hydroxylation is 1. The Balaban J connectivity index is 1.84. The van der Waals surface area contributed by atoms with Gasteiger partial charge in [-0.15, -0.1) is 0 Å². The number of methoxy groups -OCH3 is 2. The van der Waals surface area contributed by atoms with E-state index in [4.69, 9.17) is 24.4 Å². The molecule has 0 fully saturated rings. The number of hydrogen-bond acceptors (Lipinski definition) is 8. The normalized spacial score (nSPS) is 11.0. The smallest absolute Gasteiger partial charge is 0.173 e. The molecule has 0 saturated heterocycles. The van der Waals surface area contributed by atoms with Crippen LogP contribution < -0.4 is 14.2 Å². The largest absolute Gasteiger partial charge is 0.497 e. The summed E-state index contributed by atoms with van der Waals surface area (Å²) >= 11 is 0. The number of likely N-dealkylation sites (N-methyl/N-ethyl adjacent to an activating group) is 1. The molecular formula is C31H36FN3O5. The summed E-state index contributed by atoms with van der Waals surface area (Å²) in [6, 6.07) is 14.1. The molecule has 0 bridgehead atoms. The average molecular weight is 550 g/mol. The van der Waals surface area contributed by atoms with Gasteiger partial charge in [0.05, 0.1) is 19.8 Å². The van der Waals surface area contributed by atoms with Crippen molar-refractivity contribution in [3.63, 3.8) is 0 Å². The van der Waals surface area contributed by atoms with Crippen molar-refractivity contribution < 1.29 is 28.1 Å². The van der Waals surface area contributed by atoms with Crippen molar-refractivity contribution in [2.24, 2.45) is 0 Å². The molecule has 3 aromatic carbocycles. The zero-order valence-electron chi connectivity index (χ0n) is 23.6. The fourth-order valence-corrected chi connectivity index (χ4v) is 4.35. The molecule has 0 unspecified atom stereocenters. The van der Waals surface area contributed by atoms with Crippen molar-refractivity contribution >= 4 is 12.7 Å². The van der Waals surface area contributed by atoms with E-state index in [0.717, 1.165) is 46.4 Å². The van der Waals surface area contributed by atoms with Crippen molar-refractivity contribution in [1.82, 2.24) is 9.80 Å². The lowest BCUT2D eigenvalue weighted by atomic mass is 9.95. The third kappa shape index (κ3) is 8.31. The van der Waals surface area contributed by atoms with E-state index in [1.165, 1.54) is 18.4 Å². The lowest BCUT2D eigenvalue weighted by Gasteiger charge is -2.21. The minimum atomic E-state index is -0.331. The van der Waals surface area contributed by atoms with E-state index in [2.05, 4.69) is 4.90 Å². The molecule has 0 aliphatic carbocycles. The molecule has 0 aromatic heterocycles. The molecule has 9 heteroatoms. The number of rotatable bonds is 15. The molecule has 0 amide bonds. The van der Waals surface area contributed by atoms with E-state index in [0.29, 0.717) is 43.1 Å². The third-order valence-electron chi connectivity index (χ3n) is 6.26. The van der Waals surface area contributed by atoms with Gasteiger partial charge in [0, 0.05) is 44.5 Å². The number of ether oxygens (including phenoxy) is 4. The second-order valence-electron chi connectivity index (χ2n) is 9.40. The van der Waals surface area contributed by atoms with Crippen LogP contribution in [0.15, 0.2) is 61.0 Å². The number of aldehydes is 1.